The lowest BCUT2D eigenvalue weighted by molar-refractivity contribution is 0.529. The third kappa shape index (κ3) is 2.54. The molecule has 0 amide bonds. The number of hydrogen-bond acceptors (Lipinski definition) is 2. The van der Waals surface area contributed by atoms with Crippen molar-refractivity contribution in [1.82, 2.24) is 9.55 Å². The summed E-state index contributed by atoms with van der Waals surface area (Å²) in [6.07, 6.45) is 0.818. The SMILES string of the molecule is CCc1nc2ccccc2n1CC(N)c1ccccc1F. The molecule has 0 bridgehead atoms. The zero-order valence-corrected chi connectivity index (χ0v) is 12.0. The zero-order chi connectivity index (χ0) is 14.8. The number of para-hydroxylation sites is 2. The predicted octanol–water partition coefficient (Wildman–Crippen LogP) is 3.44. The van der Waals surface area contributed by atoms with Crippen LogP contribution in [0.4, 0.5) is 4.39 Å². The van der Waals surface area contributed by atoms with E-state index >= 15 is 0 Å². The lowest BCUT2D eigenvalue weighted by Crippen LogP contribution is -2.20. The summed E-state index contributed by atoms with van der Waals surface area (Å²) in [4.78, 5) is 4.61. The molecule has 0 saturated heterocycles. The number of aromatic nitrogens is 2. The van der Waals surface area contributed by atoms with Crippen molar-refractivity contribution in [2.45, 2.75) is 25.9 Å². The van der Waals surface area contributed by atoms with Gasteiger partial charge in [0.1, 0.15) is 11.6 Å². The molecule has 0 aliphatic rings. The molecular weight excluding hydrogens is 265 g/mol. The van der Waals surface area contributed by atoms with Crippen LogP contribution in [0.1, 0.15) is 24.4 Å². The summed E-state index contributed by atoms with van der Waals surface area (Å²) in [7, 11) is 0. The van der Waals surface area contributed by atoms with Gasteiger partial charge in [-0.15, -0.1) is 0 Å². The van der Waals surface area contributed by atoms with Crippen LogP contribution in [-0.2, 0) is 13.0 Å². The number of aryl methyl sites for hydroxylation is 1. The maximum Gasteiger partial charge on any atom is 0.128 e. The first kappa shape index (κ1) is 13.8. The van der Waals surface area contributed by atoms with Gasteiger partial charge in [0.25, 0.3) is 0 Å². The lowest BCUT2D eigenvalue weighted by Gasteiger charge is -2.16. The van der Waals surface area contributed by atoms with E-state index in [1.54, 1.807) is 12.1 Å². The van der Waals surface area contributed by atoms with Gasteiger partial charge in [-0.3, -0.25) is 0 Å². The molecule has 0 saturated carbocycles. The first-order valence-electron chi connectivity index (χ1n) is 7.15. The number of hydrogen-bond donors (Lipinski definition) is 1. The molecule has 2 N–H and O–H groups in total. The van der Waals surface area contributed by atoms with Crippen molar-refractivity contribution in [3.05, 3.63) is 65.7 Å². The number of benzene rings is 2. The molecule has 2 aromatic carbocycles. The number of imidazole rings is 1. The third-order valence-electron chi connectivity index (χ3n) is 3.73. The Morgan fingerprint density at radius 1 is 1.14 bits per heavy atom. The van der Waals surface area contributed by atoms with E-state index < -0.39 is 6.04 Å². The van der Waals surface area contributed by atoms with Gasteiger partial charge in [0.15, 0.2) is 0 Å². The van der Waals surface area contributed by atoms with Crippen LogP contribution in [0.5, 0.6) is 0 Å². The molecule has 1 atom stereocenters. The molecule has 108 valence electrons. The second-order valence-electron chi connectivity index (χ2n) is 5.11. The highest BCUT2D eigenvalue weighted by atomic mass is 19.1. The van der Waals surface area contributed by atoms with Gasteiger partial charge in [-0.1, -0.05) is 37.3 Å². The van der Waals surface area contributed by atoms with Gasteiger partial charge in [-0.2, -0.15) is 0 Å². The number of nitrogens with two attached hydrogens (primary N) is 1. The molecule has 1 aromatic heterocycles. The van der Waals surface area contributed by atoms with Crippen molar-refractivity contribution >= 4 is 11.0 Å². The third-order valence-corrected chi connectivity index (χ3v) is 3.73. The lowest BCUT2D eigenvalue weighted by atomic mass is 10.1. The highest BCUT2D eigenvalue weighted by Gasteiger charge is 2.15. The van der Waals surface area contributed by atoms with Crippen LogP contribution in [-0.4, -0.2) is 9.55 Å². The van der Waals surface area contributed by atoms with E-state index in [4.69, 9.17) is 5.73 Å². The van der Waals surface area contributed by atoms with Crippen molar-refractivity contribution < 1.29 is 4.39 Å². The van der Waals surface area contributed by atoms with Gasteiger partial charge >= 0.3 is 0 Å². The van der Waals surface area contributed by atoms with Gasteiger partial charge in [0, 0.05) is 18.5 Å². The van der Waals surface area contributed by atoms with Crippen LogP contribution in [0.2, 0.25) is 0 Å². The van der Waals surface area contributed by atoms with Gasteiger partial charge in [0.05, 0.1) is 17.1 Å². The summed E-state index contributed by atoms with van der Waals surface area (Å²) in [5, 5.41) is 0. The van der Waals surface area contributed by atoms with Crippen molar-refractivity contribution in [1.29, 1.82) is 0 Å². The van der Waals surface area contributed by atoms with Crippen molar-refractivity contribution in [2.75, 3.05) is 0 Å². The molecule has 0 aliphatic carbocycles. The minimum Gasteiger partial charge on any atom is -0.326 e. The van der Waals surface area contributed by atoms with Gasteiger partial charge in [-0.05, 0) is 18.2 Å². The van der Waals surface area contributed by atoms with E-state index in [9.17, 15) is 4.39 Å². The fraction of sp³-hybridized carbons (Fsp3) is 0.235. The molecule has 1 heterocycles. The molecule has 1 unspecified atom stereocenters. The molecule has 3 rings (SSSR count). The van der Waals surface area contributed by atoms with E-state index in [2.05, 4.69) is 16.5 Å². The first-order valence-corrected chi connectivity index (χ1v) is 7.15. The van der Waals surface area contributed by atoms with E-state index in [1.807, 2.05) is 30.3 Å². The van der Waals surface area contributed by atoms with Crippen molar-refractivity contribution in [3.63, 3.8) is 0 Å². The summed E-state index contributed by atoms with van der Waals surface area (Å²) < 4.78 is 15.9. The van der Waals surface area contributed by atoms with E-state index in [1.165, 1.54) is 6.07 Å². The summed E-state index contributed by atoms with van der Waals surface area (Å²) in [5.41, 5.74) is 8.75. The van der Waals surface area contributed by atoms with Crippen LogP contribution in [0.25, 0.3) is 11.0 Å². The van der Waals surface area contributed by atoms with E-state index in [0.29, 0.717) is 12.1 Å². The maximum absolute atomic E-state index is 13.9. The fourth-order valence-electron chi connectivity index (χ4n) is 2.67. The van der Waals surface area contributed by atoms with Crippen LogP contribution in [0.3, 0.4) is 0 Å². The van der Waals surface area contributed by atoms with E-state index in [-0.39, 0.29) is 5.82 Å². The molecule has 3 aromatic rings. The van der Waals surface area contributed by atoms with Crippen LogP contribution < -0.4 is 5.73 Å². The molecule has 0 fully saturated rings. The Hall–Kier alpha value is -2.20. The standard InChI is InChI=1S/C17H18FN3/c1-2-17-20-15-9-5-6-10-16(15)21(17)11-14(19)12-7-3-4-8-13(12)18/h3-10,14H,2,11,19H2,1H3. The van der Waals surface area contributed by atoms with Crippen molar-refractivity contribution in [3.8, 4) is 0 Å². The maximum atomic E-state index is 13.9. The molecule has 4 heteroatoms. The summed E-state index contributed by atoms with van der Waals surface area (Å²) >= 11 is 0. The van der Waals surface area contributed by atoms with Gasteiger partial charge < -0.3 is 10.3 Å². The molecule has 21 heavy (non-hydrogen) atoms. The second-order valence-corrected chi connectivity index (χ2v) is 5.11. The molecule has 0 aliphatic heterocycles. The average Bonchev–Trinajstić information content (AvgIpc) is 2.86. The Balaban J connectivity index is 1.99. The number of rotatable bonds is 4. The Labute approximate surface area is 123 Å². The summed E-state index contributed by atoms with van der Waals surface area (Å²) in [6, 6.07) is 14.2. The Bertz CT molecular complexity index is 764. The number of fused-ring (bicyclic) bond motifs is 1. The Morgan fingerprint density at radius 3 is 2.62 bits per heavy atom. The highest BCUT2D eigenvalue weighted by molar-refractivity contribution is 5.75. The minimum absolute atomic E-state index is 0.257. The average molecular weight is 283 g/mol. The smallest absolute Gasteiger partial charge is 0.128 e. The number of nitrogens with zero attached hydrogens (tertiary/aromatic N) is 2. The van der Waals surface area contributed by atoms with Gasteiger partial charge in [0.2, 0.25) is 0 Å². The first-order chi connectivity index (χ1) is 10.2. The van der Waals surface area contributed by atoms with Crippen LogP contribution >= 0.6 is 0 Å². The molecule has 3 nitrogen and oxygen atoms in total. The quantitative estimate of drug-likeness (QED) is 0.797. The molecular formula is C17H18FN3. The number of halogens is 1. The van der Waals surface area contributed by atoms with E-state index in [0.717, 1.165) is 23.3 Å². The van der Waals surface area contributed by atoms with Crippen LogP contribution in [0.15, 0.2) is 48.5 Å². The monoisotopic (exact) mass is 283 g/mol. The largest absolute Gasteiger partial charge is 0.326 e. The summed E-state index contributed by atoms with van der Waals surface area (Å²) in [5.74, 6) is 0.718. The molecule has 0 spiro atoms. The van der Waals surface area contributed by atoms with Crippen molar-refractivity contribution in [2.24, 2.45) is 5.73 Å². The van der Waals surface area contributed by atoms with Crippen LogP contribution in [0, 0.1) is 5.82 Å². The fourth-order valence-corrected chi connectivity index (χ4v) is 2.67. The van der Waals surface area contributed by atoms with Gasteiger partial charge in [-0.25, -0.2) is 9.37 Å². The Morgan fingerprint density at radius 2 is 1.86 bits per heavy atom. The zero-order valence-electron chi connectivity index (χ0n) is 12.0. The Kier molecular flexibility index (Phi) is 3.71. The highest BCUT2D eigenvalue weighted by Crippen LogP contribution is 2.22. The molecule has 0 radical (unpaired) electrons. The second kappa shape index (κ2) is 5.66. The minimum atomic E-state index is -0.394. The predicted molar refractivity (Wildman–Crippen MR) is 82.4 cm³/mol. The normalized spacial score (nSPS) is 12.7. The summed E-state index contributed by atoms with van der Waals surface area (Å²) in [6.45, 7) is 2.58. The topological polar surface area (TPSA) is 43.8 Å².